The monoisotopic (exact) mass is 172 g/mol. The molecule has 0 spiro atoms. The lowest BCUT2D eigenvalue weighted by molar-refractivity contribution is -0.137. The number of carbonyl (C=O) groups is 1. The van der Waals surface area contributed by atoms with Crippen LogP contribution in [0.2, 0.25) is 0 Å². The van der Waals surface area contributed by atoms with E-state index < -0.39 is 5.97 Å². The van der Waals surface area contributed by atoms with Gasteiger partial charge in [0.15, 0.2) is 0 Å². The van der Waals surface area contributed by atoms with Crippen LogP contribution in [0.1, 0.15) is 19.8 Å². The van der Waals surface area contributed by atoms with Gasteiger partial charge in [0.2, 0.25) is 0 Å². The highest BCUT2D eigenvalue weighted by Gasteiger charge is 2.26. The van der Waals surface area contributed by atoms with E-state index >= 15 is 0 Å². The topological polar surface area (TPSA) is 61.4 Å². The fourth-order valence-electron chi connectivity index (χ4n) is 1.44. The minimum atomic E-state index is -0.719. The van der Waals surface area contributed by atoms with E-state index in [2.05, 4.69) is 17.6 Å². The molecule has 0 saturated carbocycles. The lowest BCUT2D eigenvalue weighted by atomic mass is 9.94. The second kappa shape index (κ2) is 3.87. The van der Waals surface area contributed by atoms with Gasteiger partial charge < -0.3 is 15.7 Å². The summed E-state index contributed by atoms with van der Waals surface area (Å²) in [5, 5.41) is 15.1. The van der Waals surface area contributed by atoms with Gasteiger partial charge in [0.1, 0.15) is 0 Å². The minimum Gasteiger partial charge on any atom is -0.481 e. The van der Waals surface area contributed by atoms with Crippen molar-refractivity contribution in [2.75, 3.05) is 19.6 Å². The maximum absolute atomic E-state index is 10.3. The quantitative estimate of drug-likeness (QED) is 0.552. The SMILES string of the molecule is CC1(CCC(=O)O)CNCCN1. The Morgan fingerprint density at radius 2 is 2.33 bits per heavy atom. The summed E-state index contributed by atoms with van der Waals surface area (Å²) in [5.74, 6) is -0.719. The summed E-state index contributed by atoms with van der Waals surface area (Å²) in [6, 6.07) is 0. The van der Waals surface area contributed by atoms with Gasteiger partial charge in [-0.1, -0.05) is 0 Å². The predicted molar refractivity (Wildman–Crippen MR) is 46.1 cm³/mol. The fraction of sp³-hybridized carbons (Fsp3) is 0.875. The summed E-state index contributed by atoms with van der Waals surface area (Å²) in [6.45, 7) is 4.82. The Morgan fingerprint density at radius 1 is 1.58 bits per heavy atom. The molecule has 1 saturated heterocycles. The standard InChI is InChI=1S/C8H16N2O2/c1-8(3-2-7(11)12)6-9-4-5-10-8/h9-10H,2-6H2,1H3,(H,11,12). The summed E-state index contributed by atoms with van der Waals surface area (Å²) in [5.41, 5.74) is -0.0311. The molecule has 0 amide bonds. The van der Waals surface area contributed by atoms with Crippen LogP contribution in [0.3, 0.4) is 0 Å². The number of carboxylic acids is 1. The fourth-order valence-corrected chi connectivity index (χ4v) is 1.44. The molecule has 1 aliphatic heterocycles. The smallest absolute Gasteiger partial charge is 0.303 e. The van der Waals surface area contributed by atoms with E-state index in [1.54, 1.807) is 0 Å². The second-order valence-electron chi connectivity index (χ2n) is 3.56. The maximum Gasteiger partial charge on any atom is 0.303 e. The molecule has 1 rings (SSSR count). The van der Waals surface area contributed by atoms with Crippen LogP contribution in [0.15, 0.2) is 0 Å². The van der Waals surface area contributed by atoms with Crippen molar-refractivity contribution >= 4 is 5.97 Å². The van der Waals surface area contributed by atoms with Crippen molar-refractivity contribution < 1.29 is 9.90 Å². The van der Waals surface area contributed by atoms with Gasteiger partial charge in [-0.05, 0) is 13.3 Å². The first-order chi connectivity index (χ1) is 5.62. The molecule has 0 aliphatic carbocycles. The number of hydrogen-bond donors (Lipinski definition) is 3. The van der Waals surface area contributed by atoms with Gasteiger partial charge in [-0.3, -0.25) is 4.79 Å². The zero-order valence-electron chi connectivity index (χ0n) is 7.39. The average molecular weight is 172 g/mol. The first kappa shape index (κ1) is 9.48. The van der Waals surface area contributed by atoms with Crippen LogP contribution in [0, 0.1) is 0 Å². The Labute approximate surface area is 72.3 Å². The summed E-state index contributed by atoms with van der Waals surface area (Å²) in [6.07, 6.45) is 0.931. The van der Waals surface area contributed by atoms with Crippen LogP contribution >= 0.6 is 0 Å². The molecule has 1 heterocycles. The lowest BCUT2D eigenvalue weighted by Crippen LogP contribution is -2.57. The molecular formula is C8H16N2O2. The summed E-state index contributed by atoms with van der Waals surface area (Å²) >= 11 is 0. The Morgan fingerprint density at radius 3 is 2.83 bits per heavy atom. The molecule has 12 heavy (non-hydrogen) atoms. The Kier molecular flexibility index (Phi) is 3.05. The van der Waals surface area contributed by atoms with E-state index in [-0.39, 0.29) is 12.0 Å². The number of aliphatic carboxylic acids is 1. The van der Waals surface area contributed by atoms with Gasteiger partial charge in [-0.25, -0.2) is 0 Å². The second-order valence-corrected chi connectivity index (χ2v) is 3.56. The average Bonchev–Trinajstić information content (AvgIpc) is 2.03. The number of piperazine rings is 1. The predicted octanol–water partition coefficient (Wildman–Crippen LogP) is -0.197. The van der Waals surface area contributed by atoms with Gasteiger partial charge in [-0.2, -0.15) is 0 Å². The molecular weight excluding hydrogens is 156 g/mol. The summed E-state index contributed by atoms with van der Waals surface area (Å²) in [7, 11) is 0. The van der Waals surface area contributed by atoms with Crippen molar-refractivity contribution in [1.82, 2.24) is 10.6 Å². The Balaban J connectivity index is 2.31. The number of rotatable bonds is 3. The number of hydrogen-bond acceptors (Lipinski definition) is 3. The molecule has 4 nitrogen and oxygen atoms in total. The lowest BCUT2D eigenvalue weighted by Gasteiger charge is -2.35. The van der Waals surface area contributed by atoms with E-state index in [1.807, 2.05) is 0 Å². The normalized spacial score (nSPS) is 30.1. The summed E-state index contributed by atoms with van der Waals surface area (Å²) in [4.78, 5) is 10.3. The highest BCUT2D eigenvalue weighted by molar-refractivity contribution is 5.66. The Hall–Kier alpha value is -0.610. The summed E-state index contributed by atoms with van der Waals surface area (Å²) < 4.78 is 0. The number of carboxylic acid groups (broad SMARTS) is 1. The molecule has 0 radical (unpaired) electrons. The van der Waals surface area contributed by atoms with E-state index in [9.17, 15) is 4.79 Å². The van der Waals surface area contributed by atoms with Crippen LogP contribution in [-0.4, -0.2) is 36.2 Å². The molecule has 70 valence electrons. The van der Waals surface area contributed by atoms with Crippen LogP contribution < -0.4 is 10.6 Å². The van der Waals surface area contributed by atoms with Gasteiger partial charge in [0, 0.05) is 31.6 Å². The van der Waals surface area contributed by atoms with Crippen LogP contribution in [0.25, 0.3) is 0 Å². The molecule has 0 aromatic carbocycles. The van der Waals surface area contributed by atoms with Gasteiger partial charge in [0.05, 0.1) is 0 Å². The maximum atomic E-state index is 10.3. The van der Waals surface area contributed by atoms with E-state index in [0.29, 0.717) is 6.42 Å². The van der Waals surface area contributed by atoms with Crippen molar-refractivity contribution in [1.29, 1.82) is 0 Å². The Bertz CT molecular complexity index is 164. The molecule has 0 aromatic heterocycles. The molecule has 1 unspecified atom stereocenters. The minimum absolute atomic E-state index is 0.0311. The molecule has 1 aliphatic rings. The molecule has 4 heteroatoms. The molecule has 3 N–H and O–H groups in total. The van der Waals surface area contributed by atoms with Crippen molar-refractivity contribution in [3.05, 3.63) is 0 Å². The van der Waals surface area contributed by atoms with Gasteiger partial charge in [-0.15, -0.1) is 0 Å². The highest BCUT2D eigenvalue weighted by Crippen LogP contribution is 2.12. The van der Waals surface area contributed by atoms with Crippen molar-refractivity contribution in [2.45, 2.75) is 25.3 Å². The van der Waals surface area contributed by atoms with Crippen LogP contribution in [0.4, 0.5) is 0 Å². The molecule has 0 bridgehead atoms. The zero-order chi connectivity index (χ0) is 9.03. The number of nitrogens with one attached hydrogen (secondary N) is 2. The van der Waals surface area contributed by atoms with Gasteiger partial charge >= 0.3 is 5.97 Å². The van der Waals surface area contributed by atoms with E-state index in [1.165, 1.54) is 0 Å². The molecule has 0 aromatic rings. The van der Waals surface area contributed by atoms with E-state index in [0.717, 1.165) is 19.6 Å². The van der Waals surface area contributed by atoms with Crippen molar-refractivity contribution in [3.63, 3.8) is 0 Å². The third-order valence-corrected chi connectivity index (χ3v) is 2.26. The van der Waals surface area contributed by atoms with Crippen LogP contribution in [-0.2, 0) is 4.79 Å². The van der Waals surface area contributed by atoms with Crippen molar-refractivity contribution in [3.8, 4) is 0 Å². The highest BCUT2D eigenvalue weighted by atomic mass is 16.4. The third-order valence-electron chi connectivity index (χ3n) is 2.26. The third kappa shape index (κ3) is 2.79. The first-order valence-corrected chi connectivity index (χ1v) is 4.30. The zero-order valence-corrected chi connectivity index (χ0v) is 7.39. The van der Waals surface area contributed by atoms with Crippen molar-refractivity contribution in [2.24, 2.45) is 0 Å². The first-order valence-electron chi connectivity index (χ1n) is 4.30. The van der Waals surface area contributed by atoms with E-state index in [4.69, 9.17) is 5.11 Å². The molecule has 1 fully saturated rings. The largest absolute Gasteiger partial charge is 0.481 e. The molecule has 1 atom stereocenters. The van der Waals surface area contributed by atoms with Crippen LogP contribution in [0.5, 0.6) is 0 Å². The van der Waals surface area contributed by atoms with Gasteiger partial charge in [0.25, 0.3) is 0 Å².